The van der Waals surface area contributed by atoms with Gasteiger partial charge < -0.3 is 15.1 Å². The maximum atomic E-state index is 11.5. The molecular formula is C11H11ClN4O2. The van der Waals surface area contributed by atoms with Gasteiger partial charge in [0.1, 0.15) is 0 Å². The minimum atomic E-state index is -0.308. The Labute approximate surface area is 108 Å². The van der Waals surface area contributed by atoms with Gasteiger partial charge >= 0.3 is 0 Å². The zero-order valence-corrected chi connectivity index (χ0v) is 10.1. The molecule has 0 atom stereocenters. The number of aromatic nitrogens is 2. The Hall–Kier alpha value is -2.08. The lowest BCUT2D eigenvalue weighted by Crippen LogP contribution is -2.28. The largest absolute Gasteiger partial charge is 0.440 e. The fourth-order valence-corrected chi connectivity index (χ4v) is 1.41. The first kappa shape index (κ1) is 12.4. The van der Waals surface area contributed by atoms with Crippen LogP contribution in [0.5, 0.6) is 0 Å². The van der Waals surface area contributed by atoms with Crippen LogP contribution in [0.25, 0.3) is 0 Å². The number of nitrogens with zero attached hydrogens (tertiary/aromatic N) is 2. The van der Waals surface area contributed by atoms with Gasteiger partial charge in [0, 0.05) is 25.5 Å². The smallest absolute Gasteiger partial charge is 0.287 e. The first-order valence-corrected chi connectivity index (χ1v) is 5.68. The van der Waals surface area contributed by atoms with Crippen LogP contribution in [-0.2, 0) is 0 Å². The average Bonchev–Trinajstić information content (AvgIpc) is 2.82. The molecule has 0 unspecified atom stereocenters. The van der Waals surface area contributed by atoms with Gasteiger partial charge in [-0.15, -0.1) is 0 Å². The van der Waals surface area contributed by atoms with Crippen molar-refractivity contribution in [2.75, 3.05) is 18.4 Å². The first-order chi connectivity index (χ1) is 8.75. The Bertz CT molecular complexity index is 515. The van der Waals surface area contributed by atoms with E-state index in [9.17, 15) is 4.79 Å². The summed E-state index contributed by atoms with van der Waals surface area (Å²) in [6.45, 7) is 0.944. The second kappa shape index (κ2) is 6.02. The van der Waals surface area contributed by atoms with Crippen molar-refractivity contribution >= 4 is 23.5 Å². The summed E-state index contributed by atoms with van der Waals surface area (Å²) in [5.74, 6) is 0.404. The van der Waals surface area contributed by atoms with Crippen LogP contribution in [0.15, 0.2) is 35.0 Å². The van der Waals surface area contributed by atoms with E-state index in [1.165, 1.54) is 12.1 Å². The quantitative estimate of drug-likeness (QED) is 0.803. The topological polar surface area (TPSA) is 80.0 Å². The maximum absolute atomic E-state index is 11.5. The molecule has 0 saturated carbocycles. The van der Waals surface area contributed by atoms with Gasteiger partial charge in [-0.25, -0.2) is 9.97 Å². The van der Waals surface area contributed by atoms with Crippen molar-refractivity contribution in [3.05, 3.63) is 41.6 Å². The minimum Gasteiger partial charge on any atom is -0.440 e. The molecule has 0 radical (unpaired) electrons. The summed E-state index contributed by atoms with van der Waals surface area (Å²) in [5.41, 5.74) is 0. The van der Waals surface area contributed by atoms with Crippen molar-refractivity contribution in [3.8, 4) is 0 Å². The SMILES string of the molecule is O=C(NCCNc1ncccn1)c1ccc(Cl)o1. The number of furan rings is 1. The highest BCUT2D eigenvalue weighted by molar-refractivity contribution is 6.29. The van der Waals surface area contributed by atoms with E-state index in [1.807, 2.05) is 0 Å². The number of halogens is 1. The van der Waals surface area contributed by atoms with Crippen molar-refractivity contribution in [2.45, 2.75) is 0 Å². The van der Waals surface area contributed by atoms with Gasteiger partial charge in [0.2, 0.25) is 5.95 Å². The second-order valence-electron chi connectivity index (χ2n) is 3.36. The molecule has 0 fully saturated rings. The standard InChI is InChI=1S/C11H11ClN4O2/c12-9-3-2-8(18-9)10(17)13-6-7-16-11-14-4-1-5-15-11/h1-5H,6-7H2,(H,13,17)(H,14,15,16). The molecule has 18 heavy (non-hydrogen) atoms. The summed E-state index contributed by atoms with van der Waals surface area (Å²) >= 11 is 5.57. The maximum Gasteiger partial charge on any atom is 0.287 e. The van der Waals surface area contributed by atoms with Crippen molar-refractivity contribution in [3.63, 3.8) is 0 Å². The fourth-order valence-electron chi connectivity index (χ4n) is 1.26. The van der Waals surface area contributed by atoms with Gasteiger partial charge in [0.25, 0.3) is 5.91 Å². The molecule has 7 heteroatoms. The zero-order valence-electron chi connectivity index (χ0n) is 9.39. The lowest BCUT2D eigenvalue weighted by molar-refractivity contribution is 0.0927. The van der Waals surface area contributed by atoms with Crippen LogP contribution in [0, 0.1) is 0 Å². The lowest BCUT2D eigenvalue weighted by atomic mass is 10.4. The number of carbonyl (C=O) groups excluding carboxylic acids is 1. The van der Waals surface area contributed by atoms with E-state index in [0.29, 0.717) is 19.0 Å². The van der Waals surface area contributed by atoms with E-state index in [-0.39, 0.29) is 16.9 Å². The summed E-state index contributed by atoms with van der Waals surface area (Å²) in [6.07, 6.45) is 3.28. The van der Waals surface area contributed by atoms with Crippen molar-refractivity contribution in [1.29, 1.82) is 0 Å². The third kappa shape index (κ3) is 3.46. The molecule has 94 valence electrons. The molecule has 0 aliphatic carbocycles. The van der Waals surface area contributed by atoms with Gasteiger partial charge in [-0.3, -0.25) is 4.79 Å². The van der Waals surface area contributed by atoms with Gasteiger partial charge in [-0.05, 0) is 29.8 Å². The number of nitrogens with one attached hydrogen (secondary N) is 2. The molecule has 0 bridgehead atoms. The van der Waals surface area contributed by atoms with Gasteiger partial charge in [-0.1, -0.05) is 0 Å². The Morgan fingerprint density at radius 3 is 2.72 bits per heavy atom. The number of carbonyl (C=O) groups is 1. The molecule has 2 rings (SSSR count). The average molecular weight is 267 g/mol. The monoisotopic (exact) mass is 266 g/mol. The first-order valence-electron chi connectivity index (χ1n) is 5.30. The third-order valence-corrected chi connectivity index (χ3v) is 2.26. The van der Waals surface area contributed by atoms with Crippen LogP contribution < -0.4 is 10.6 Å². The summed E-state index contributed by atoms with van der Waals surface area (Å²) in [5, 5.41) is 5.83. The highest BCUT2D eigenvalue weighted by Crippen LogP contribution is 2.12. The molecule has 2 aromatic heterocycles. The van der Waals surface area contributed by atoms with E-state index in [4.69, 9.17) is 16.0 Å². The fraction of sp³-hybridized carbons (Fsp3) is 0.182. The number of rotatable bonds is 5. The van der Waals surface area contributed by atoms with Crippen LogP contribution in [0.1, 0.15) is 10.6 Å². The summed E-state index contributed by atoms with van der Waals surface area (Å²) in [6, 6.07) is 4.77. The molecule has 2 heterocycles. The van der Waals surface area contributed by atoms with E-state index >= 15 is 0 Å². The highest BCUT2D eigenvalue weighted by atomic mass is 35.5. The summed E-state index contributed by atoms with van der Waals surface area (Å²) < 4.78 is 4.97. The molecule has 0 spiro atoms. The summed E-state index contributed by atoms with van der Waals surface area (Å²) in [7, 11) is 0. The molecular weight excluding hydrogens is 256 g/mol. The predicted octanol–water partition coefficient (Wildman–Crippen LogP) is 1.56. The molecule has 2 aromatic rings. The van der Waals surface area contributed by atoms with E-state index in [1.54, 1.807) is 18.5 Å². The van der Waals surface area contributed by atoms with Crippen LogP contribution in [0.4, 0.5) is 5.95 Å². The van der Waals surface area contributed by atoms with Crippen LogP contribution in [0.2, 0.25) is 5.22 Å². The van der Waals surface area contributed by atoms with Gasteiger partial charge in [0.05, 0.1) is 0 Å². The van der Waals surface area contributed by atoms with E-state index < -0.39 is 0 Å². The molecule has 0 aromatic carbocycles. The number of anilines is 1. The third-order valence-electron chi connectivity index (χ3n) is 2.06. The van der Waals surface area contributed by atoms with Gasteiger partial charge in [-0.2, -0.15) is 0 Å². The second-order valence-corrected chi connectivity index (χ2v) is 3.73. The van der Waals surface area contributed by atoms with Crippen LogP contribution in [-0.4, -0.2) is 29.0 Å². The molecule has 6 nitrogen and oxygen atoms in total. The Morgan fingerprint density at radius 1 is 1.28 bits per heavy atom. The molecule has 2 N–H and O–H groups in total. The predicted molar refractivity (Wildman–Crippen MR) is 66.6 cm³/mol. The number of hydrogen-bond acceptors (Lipinski definition) is 5. The van der Waals surface area contributed by atoms with E-state index in [2.05, 4.69) is 20.6 Å². The van der Waals surface area contributed by atoms with E-state index in [0.717, 1.165) is 0 Å². The Balaban J connectivity index is 1.71. The number of hydrogen-bond donors (Lipinski definition) is 2. The van der Waals surface area contributed by atoms with Crippen molar-refractivity contribution < 1.29 is 9.21 Å². The van der Waals surface area contributed by atoms with Gasteiger partial charge in [0.15, 0.2) is 11.0 Å². The lowest BCUT2D eigenvalue weighted by Gasteiger charge is -2.04. The Morgan fingerprint density at radius 2 is 2.06 bits per heavy atom. The van der Waals surface area contributed by atoms with Crippen molar-refractivity contribution in [1.82, 2.24) is 15.3 Å². The molecule has 1 amide bonds. The molecule has 0 saturated heterocycles. The number of amides is 1. The van der Waals surface area contributed by atoms with Crippen molar-refractivity contribution in [2.24, 2.45) is 0 Å². The van der Waals surface area contributed by atoms with Crippen LogP contribution in [0.3, 0.4) is 0 Å². The van der Waals surface area contributed by atoms with Crippen LogP contribution >= 0.6 is 11.6 Å². The normalized spacial score (nSPS) is 10.1. The minimum absolute atomic E-state index is 0.191. The molecule has 0 aliphatic rings. The zero-order chi connectivity index (χ0) is 12.8. The Kier molecular flexibility index (Phi) is 4.14. The summed E-state index contributed by atoms with van der Waals surface area (Å²) in [4.78, 5) is 19.5. The highest BCUT2D eigenvalue weighted by Gasteiger charge is 2.09. The molecule has 0 aliphatic heterocycles.